The summed E-state index contributed by atoms with van der Waals surface area (Å²) in [5.41, 5.74) is 0.118. The van der Waals surface area contributed by atoms with Crippen molar-refractivity contribution >= 4 is 22.5 Å². The first-order valence-electron chi connectivity index (χ1n) is 6.77. The van der Waals surface area contributed by atoms with Crippen molar-refractivity contribution in [3.8, 4) is 0 Å². The van der Waals surface area contributed by atoms with E-state index in [2.05, 4.69) is 4.98 Å². The number of nitrogens with zero attached hydrogens (tertiary/aromatic N) is 1. The molecule has 1 aromatic carbocycles. The SMILES string of the molecule is Cc1cccc2[nH]c(=O)n(C3CCC(=O)CC3=O)c(=O)c12. The van der Waals surface area contributed by atoms with Crippen molar-refractivity contribution in [3.05, 3.63) is 44.6 Å². The summed E-state index contributed by atoms with van der Waals surface area (Å²) in [5, 5.41) is 0.404. The van der Waals surface area contributed by atoms with Crippen LogP contribution in [0.5, 0.6) is 0 Å². The summed E-state index contributed by atoms with van der Waals surface area (Å²) < 4.78 is 0.962. The number of aryl methyl sites for hydroxylation is 1. The summed E-state index contributed by atoms with van der Waals surface area (Å²) in [6.45, 7) is 1.78. The highest BCUT2D eigenvalue weighted by Crippen LogP contribution is 2.21. The van der Waals surface area contributed by atoms with Crippen LogP contribution < -0.4 is 11.2 Å². The molecule has 1 aliphatic rings. The molecule has 1 N–H and O–H groups in total. The fourth-order valence-electron chi connectivity index (χ4n) is 2.86. The van der Waals surface area contributed by atoms with Gasteiger partial charge in [-0.15, -0.1) is 0 Å². The minimum atomic E-state index is -0.844. The van der Waals surface area contributed by atoms with Gasteiger partial charge in [-0.3, -0.25) is 14.4 Å². The predicted octanol–water partition coefficient (Wildman–Crippen LogP) is 0.861. The highest BCUT2D eigenvalue weighted by Gasteiger charge is 2.30. The van der Waals surface area contributed by atoms with Gasteiger partial charge in [-0.25, -0.2) is 9.36 Å². The molecule has 1 unspecified atom stereocenters. The van der Waals surface area contributed by atoms with Gasteiger partial charge in [0.2, 0.25) is 0 Å². The van der Waals surface area contributed by atoms with Crippen LogP contribution in [-0.4, -0.2) is 21.1 Å². The van der Waals surface area contributed by atoms with Crippen LogP contribution in [0.3, 0.4) is 0 Å². The maximum atomic E-state index is 12.6. The number of aromatic nitrogens is 2. The molecule has 0 bridgehead atoms. The molecule has 108 valence electrons. The number of H-pyrrole nitrogens is 1. The van der Waals surface area contributed by atoms with Crippen LogP contribution in [0.25, 0.3) is 10.9 Å². The molecule has 0 spiro atoms. The molecule has 2 aromatic rings. The van der Waals surface area contributed by atoms with Gasteiger partial charge in [0, 0.05) is 6.42 Å². The van der Waals surface area contributed by atoms with Crippen LogP contribution in [0.2, 0.25) is 0 Å². The lowest BCUT2D eigenvalue weighted by Gasteiger charge is -2.21. The second-order valence-corrected chi connectivity index (χ2v) is 5.34. The summed E-state index contributed by atoms with van der Waals surface area (Å²) >= 11 is 0. The Morgan fingerprint density at radius 2 is 1.95 bits per heavy atom. The quantitative estimate of drug-likeness (QED) is 0.787. The van der Waals surface area contributed by atoms with Gasteiger partial charge >= 0.3 is 5.69 Å². The average Bonchev–Trinajstić information content (AvgIpc) is 2.40. The van der Waals surface area contributed by atoms with Crippen molar-refractivity contribution in [2.24, 2.45) is 0 Å². The number of carbonyl (C=O) groups is 2. The van der Waals surface area contributed by atoms with E-state index in [9.17, 15) is 19.2 Å². The molecule has 3 rings (SSSR count). The van der Waals surface area contributed by atoms with Crippen LogP contribution in [0, 0.1) is 6.92 Å². The number of rotatable bonds is 1. The molecule has 6 nitrogen and oxygen atoms in total. The molecular weight excluding hydrogens is 272 g/mol. The topological polar surface area (TPSA) is 89.0 Å². The maximum Gasteiger partial charge on any atom is 0.329 e. The van der Waals surface area contributed by atoms with Gasteiger partial charge < -0.3 is 4.98 Å². The number of carbonyl (C=O) groups excluding carboxylic acids is 2. The van der Waals surface area contributed by atoms with E-state index in [-0.39, 0.29) is 30.8 Å². The zero-order valence-corrected chi connectivity index (χ0v) is 11.5. The van der Waals surface area contributed by atoms with Crippen molar-refractivity contribution in [2.45, 2.75) is 32.2 Å². The number of hydrogen-bond donors (Lipinski definition) is 1. The standard InChI is InChI=1S/C15H14N2O4/c1-8-3-2-4-10-13(8)14(20)17(15(21)16-10)11-6-5-9(18)7-12(11)19/h2-4,11H,5-7H2,1H3,(H,16,21). The Bertz CT molecular complexity index is 875. The van der Waals surface area contributed by atoms with Crippen LogP contribution in [-0.2, 0) is 9.59 Å². The number of ketones is 2. The smallest absolute Gasteiger partial charge is 0.307 e. The van der Waals surface area contributed by atoms with E-state index >= 15 is 0 Å². The number of aromatic amines is 1. The van der Waals surface area contributed by atoms with Gasteiger partial charge in [0.25, 0.3) is 5.56 Å². The largest absolute Gasteiger partial charge is 0.329 e. The number of benzene rings is 1. The molecule has 1 atom stereocenters. The summed E-state index contributed by atoms with van der Waals surface area (Å²) in [6, 6.07) is 4.34. The van der Waals surface area contributed by atoms with E-state index in [1.54, 1.807) is 25.1 Å². The molecule has 0 aliphatic heterocycles. The molecule has 0 saturated heterocycles. The maximum absolute atomic E-state index is 12.6. The van der Waals surface area contributed by atoms with Crippen molar-refractivity contribution in [1.29, 1.82) is 0 Å². The summed E-state index contributed by atoms with van der Waals surface area (Å²) in [5.74, 6) is -0.510. The Hall–Kier alpha value is -2.50. The van der Waals surface area contributed by atoms with Crippen molar-refractivity contribution < 1.29 is 9.59 Å². The number of nitrogens with one attached hydrogen (secondary N) is 1. The Kier molecular flexibility index (Phi) is 3.08. The fraction of sp³-hybridized carbons (Fsp3) is 0.333. The van der Waals surface area contributed by atoms with Crippen molar-refractivity contribution in [3.63, 3.8) is 0 Å². The van der Waals surface area contributed by atoms with Crippen LogP contribution in [0.15, 0.2) is 27.8 Å². The molecule has 1 aromatic heterocycles. The molecule has 1 saturated carbocycles. The third-order valence-electron chi connectivity index (χ3n) is 3.92. The van der Waals surface area contributed by atoms with Gasteiger partial charge in [-0.05, 0) is 25.0 Å². The molecule has 6 heteroatoms. The molecule has 21 heavy (non-hydrogen) atoms. The number of fused-ring (bicyclic) bond motifs is 1. The lowest BCUT2D eigenvalue weighted by molar-refractivity contribution is -0.132. The third-order valence-corrected chi connectivity index (χ3v) is 3.92. The fourth-order valence-corrected chi connectivity index (χ4v) is 2.86. The van der Waals surface area contributed by atoms with Crippen LogP contribution >= 0.6 is 0 Å². The first kappa shape index (κ1) is 13.5. The second kappa shape index (κ2) is 4.80. The Labute approximate surface area is 119 Å². The van der Waals surface area contributed by atoms with Gasteiger partial charge in [0.15, 0.2) is 5.78 Å². The van der Waals surface area contributed by atoms with Crippen molar-refractivity contribution in [2.75, 3.05) is 0 Å². The normalized spacial score (nSPS) is 19.2. The minimum absolute atomic E-state index is 0.141. The van der Waals surface area contributed by atoms with Gasteiger partial charge in [-0.2, -0.15) is 0 Å². The molecule has 0 radical (unpaired) electrons. The first-order chi connectivity index (χ1) is 9.99. The van der Waals surface area contributed by atoms with Crippen LogP contribution in [0.4, 0.5) is 0 Å². The van der Waals surface area contributed by atoms with Gasteiger partial charge in [0.1, 0.15) is 11.8 Å². The molecular formula is C15H14N2O4. The Morgan fingerprint density at radius 3 is 2.67 bits per heavy atom. The van der Waals surface area contributed by atoms with Crippen molar-refractivity contribution in [1.82, 2.24) is 9.55 Å². The highest BCUT2D eigenvalue weighted by molar-refractivity contribution is 6.03. The zero-order chi connectivity index (χ0) is 15.1. The van der Waals surface area contributed by atoms with E-state index < -0.39 is 17.3 Å². The molecule has 1 heterocycles. The minimum Gasteiger partial charge on any atom is -0.307 e. The van der Waals surface area contributed by atoms with Gasteiger partial charge in [-0.1, -0.05) is 12.1 Å². The highest BCUT2D eigenvalue weighted by atomic mass is 16.2. The van der Waals surface area contributed by atoms with Crippen LogP contribution in [0.1, 0.15) is 30.9 Å². The van der Waals surface area contributed by atoms with E-state index in [4.69, 9.17) is 0 Å². The lowest BCUT2D eigenvalue weighted by Crippen LogP contribution is -2.43. The van der Waals surface area contributed by atoms with E-state index in [0.717, 1.165) is 10.1 Å². The second-order valence-electron chi connectivity index (χ2n) is 5.34. The van der Waals surface area contributed by atoms with Gasteiger partial charge in [0.05, 0.1) is 17.3 Å². The monoisotopic (exact) mass is 286 g/mol. The number of Topliss-reactive ketones (excluding diaryl/α,β-unsaturated/α-hetero) is 2. The summed E-state index contributed by atoms with van der Waals surface area (Å²) in [7, 11) is 0. The van der Waals surface area contributed by atoms with E-state index in [1.807, 2.05) is 0 Å². The predicted molar refractivity (Wildman–Crippen MR) is 76.5 cm³/mol. The summed E-state index contributed by atoms with van der Waals surface area (Å²) in [4.78, 5) is 50.7. The molecule has 1 aliphatic carbocycles. The van der Waals surface area contributed by atoms with E-state index in [1.165, 1.54) is 0 Å². The third kappa shape index (κ3) is 2.12. The average molecular weight is 286 g/mol. The summed E-state index contributed by atoms with van der Waals surface area (Å²) in [6.07, 6.45) is 0.217. The van der Waals surface area contributed by atoms with E-state index in [0.29, 0.717) is 10.9 Å². The molecule has 1 fully saturated rings. The Morgan fingerprint density at radius 1 is 1.19 bits per heavy atom. The first-order valence-corrected chi connectivity index (χ1v) is 6.77. The number of hydrogen-bond acceptors (Lipinski definition) is 4. The Balaban J connectivity index is 2.26. The molecule has 0 amide bonds. The zero-order valence-electron chi connectivity index (χ0n) is 11.5. The lowest BCUT2D eigenvalue weighted by atomic mass is 9.92.